The van der Waals surface area contributed by atoms with Crippen LogP contribution in [0.3, 0.4) is 0 Å². The number of allylic oxidation sites excluding steroid dienone is 1. The number of hydrogen-bond acceptors (Lipinski definition) is 3. The standard InChI is InChI=1S/C20H20N2S/c1-13(2)16-8-17(14(3)4)10-18(9-16)20-6-5-19(23-20)7-15(11-21)12-22/h5-10,13-14H,1-4H3. The average molecular weight is 320 g/mol. The zero-order chi connectivity index (χ0) is 17.0. The average Bonchev–Trinajstić information content (AvgIpc) is 3.00. The molecular weight excluding hydrogens is 300 g/mol. The van der Waals surface area contributed by atoms with Crippen LogP contribution in [0.2, 0.25) is 0 Å². The lowest BCUT2D eigenvalue weighted by Crippen LogP contribution is -1.94. The zero-order valence-corrected chi connectivity index (χ0v) is 14.7. The van der Waals surface area contributed by atoms with Crippen molar-refractivity contribution < 1.29 is 0 Å². The molecule has 0 unspecified atom stereocenters. The van der Waals surface area contributed by atoms with Gasteiger partial charge in [0.05, 0.1) is 0 Å². The number of hydrogen-bond donors (Lipinski definition) is 0. The molecule has 0 aliphatic rings. The van der Waals surface area contributed by atoms with Crippen molar-refractivity contribution in [2.24, 2.45) is 0 Å². The van der Waals surface area contributed by atoms with Crippen LogP contribution in [-0.2, 0) is 0 Å². The lowest BCUT2D eigenvalue weighted by Gasteiger charge is -2.13. The van der Waals surface area contributed by atoms with Gasteiger partial charge in [-0.05, 0) is 46.7 Å². The fourth-order valence-corrected chi connectivity index (χ4v) is 3.24. The fourth-order valence-electron chi connectivity index (χ4n) is 2.30. The topological polar surface area (TPSA) is 47.6 Å². The van der Waals surface area contributed by atoms with Crippen molar-refractivity contribution in [2.75, 3.05) is 0 Å². The number of thiophene rings is 1. The Labute approximate surface area is 142 Å². The maximum atomic E-state index is 8.87. The van der Waals surface area contributed by atoms with E-state index in [0.717, 1.165) is 9.75 Å². The first-order valence-electron chi connectivity index (χ1n) is 7.71. The van der Waals surface area contributed by atoms with Gasteiger partial charge in [0.15, 0.2) is 0 Å². The summed E-state index contributed by atoms with van der Waals surface area (Å²) < 4.78 is 0. The van der Waals surface area contributed by atoms with Gasteiger partial charge in [0.25, 0.3) is 0 Å². The van der Waals surface area contributed by atoms with Crippen LogP contribution in [0, 0.1) is 22.7 Å². The highest BCUT2D eigenvalue weighted by molar-refractivity contribution is 7.16. The molecule has 23 heavy (non-hydrogen) atoms. The van der Waals surface area contributed by atoms with Crippen molar-refractivity contribution in [2.45, 2.75) is 39.5 Å². The summed E-state index contributed by atoms with van der Waals surface area (Å²) in [6.45, 7) is 8.83. The summed E-state index contributed by atoms with van der Waals surface area (Å²) in [4.78, 5) is 2.09. The molecule has 0 saturated heterocycles. The molecule has 0 aliphatic carbocycles. The molecular formula is C20H20N2S. The van der Waals surface area contributed by atoms with Crippen molar-refractivity contribution in [3.05, 3.63) is 51.9 Å². The van der Waals surface area contributed by atoms with Crippen molar-refractivity contribution in [3.8, 4) is 22.6 Å². The van der Waals surface area contributed by atoms with Crippen molar-refractivity contribution in [3.63, 3.8) is 0 Å². The third-order valence-electron chi connectivity index (χ3n) is 3.75. The minimum atomic E-state index is 0.136. The first-order chi connectivity index (χ1) is 10.9. The van der Waals surface area contributed by atoms with Crippen LogP contribution in [0.15, 0.2) is 35.9 Å². The maximum absolute atomic E-state index is 8.87. The van der Waals surface area contributed by atoms with Crippen molar-refractivity contribution in [1.82, 2.24) is 0 Å². The normalized spacial score (nSPS) is 10.4. The van der Waals surface area contributed by atoms with Gasteiger partial charge in [-0.25, -0.2) is 0 Å². The summed E-state index contributed by atoms with van der Waals surface area (Å²) >= 11 is 1.61. The van der Waals surface area contributed by atoms with E-state index < -0.39 is 0 Å². The predicted molar refractivity (Wildman–Crippen MR) is 97.1 cm³/mol. The second kappa shape index (κ2) is 7.27. The summed E-state index contributed by atoms with van der Waals surface area (Å²) in [5.41, 5.74) is 4.02. The molecule has 0 fully saturated rings. The SMILES string of the molecule is CC(C)c1cc(-c2ccc(C=C(C#N)C#N)s2)cc(C(C)C)c1. The molecule has 0 spiro atoms. The van der Waals surface area contributed by atoms with Crippen LogP contribution in [0.1, 0.15) is 55.5 Å². The highest BCUT2D eigenvalue weighted by atomic mass is 32.1. The third-order valence-corrected chi connectivity index (χ3v) is 4.83. The number of nitrogens with zero attached hydrogens (tertiary/aromatic N) is 2. The second-order valence-electron chi connectivity index (χ2n) is 6.18. The van der Waals surface area contributed by atoms with Crippen molar-refractivity contribution in [1.29, 1.82) is 10.5 Å². The highest BCUT2D eigenvalue weighted by Gasteiger charge is 2.10. The molecule has 1 aromatic carbocycles. The van der Waals surface area contributed by atoms with Gasteiger partial charge < -0.3 is 0 Å². The molecule has 2 aromatic rings. The summed E-state index contributed by atoms with van der Waals surface area (Å²) in [5, 5.41) is 17.7. The highest BCUT2D eigenvalue weighted by Crippen LogP contribution is 2.33. The van der Waals surface area contributed by atoms with E-state index in [1.54, 1.807) is 17.4 Å². The molecule has 2 nitrogen and oxygen atoms in total. The zero-order valence-electron chi connectivity index (χ0n) is 13.9. The Morgan fingerprint density at radius 1 is 0.957 bits per heavy atom. The Morgan fingerprint density at radius 3 is 2.00 bits per heavy atom. The van der Waals surface area contributed by atoms with Gasteiger partial charge >= 0.3 is 0 Å². The number of benzene rings is 1. The maximum Gasteiger partial charge on any atom is 0.131 e. The Kier molecular flexibility index (Phi) is 5.37. The van der Waals surface area contributed by atoms with Gasteiger partial charge in [-0.3, -0.25) is 0 Å². The van der Waals surface area contributed by atoms with E-state index in [1.165, 1.54) is 16.7 Å². The van der Waals surface area contributed by atoms with Crippen molar-refractivity contribution >= 4 is 17.4 Å². The Hall–Kier alpha value is -2.36. The van der Waals surface area contributed by atoms with Gasteiger partial charge in [0.2, 0.25) is 0 Å². The van der Waals surface area contributed by atoms with Gasteiger partial charge in [-0.15, -0.1) is 11.3 Å². The molecule has 0 amide bonds. The minimum Gasteiger partial charge on any atom is -0.192 e. The lowest BCUT2D eigenvalue weighted by molar-refractivity contribution is 0.835. The van der Waals surface area contributed by atoms with Gasteiger partial charge in [-0.2, -0.15) is 10.5 Å². The Bertz CT molecular complexity index is 769. The summed E-state index contributed by atoms with van der Waals surface area (Å²) in [7, 11) is 0. The summed E-state index contributed by atoms with van der Waals surface area (Å²) in [6, 6.07) is 14.6. The van der Waals surface area contributed by atoms with E-state index in [1.807, 2.05) is 18.2 Å². The van der Waals surface area contributed by atoms with Crippen LogP contribution in [0.4, 0.5) is 0 Å². The Morgan fingerprint density at radius 2 is 1.52 bits per heavy atom. The van der Waals surface area contributed by atoms with Crippen LogP contribution in [-0.4, -0.2) is 0 Å². The molecule has 0 N–H and O–H groups in total. The van der Waals surface area contributed by atoms with E-state index in [0.29, 0.717) is 11.8 Å². The fraction of sp³-hybridized carbons (Fsp3) is 0.300. The largest absolute Gasteiger partial charge is 0.192 e. The van der Waals surface area contributed by atoms with Crippen LogP contribution in [0.25, 0.3) is 16.5 Å². The smallest absolute Gasteiger partial charge is 0.131 e. The summed E-state index contributed by atoms with van der Waals surface area (Å²) in [6.07, 6.45) is 1.64. The van der Waals surface area contributed by atoms with Gasteiger partial charge in [0.1, 0.15) is 17.7 Å². The van der Waals surface area contributed by atoms with E-state index >= 15 is 0 Å². The summed E-state index contributed by atoms with van der Waals surface area (Å²) in [5.74, 6) is 0.964. The first kappa shape index (κ1) is 17.0. The molecule has 0 bridgehead atoms. The van der Waals surface area contributed by atoms with E-state index in [2.05, 4.69) is 52.0 Å². The molecule has 0 atom stereocenters. The predicted octanol–water partition coefficient (Wildman–Crippen LogP) is 6.09. The molecule has 2 rings (SSSR count). The van der Waals surface area contributed by atoms with E-state index in [9.17, 15) is 0 Å². The monoisotopic (exact) mass is 320 g/mol. The molecule has 1 aromatic heterocycles. The first-order valence-corrected chi connectivity index (χ1v) is 8.53. The minimum absolute atomic E-state index is 0.136. The lowest BCUT2D eigenvalue weighted by atomic mass is 9.93. The van der Waals surface area contributed by atoms with Crippen LogP contribution < -0.4 is 0 Å². The van der Waals surface area contributed by atoms with E-state index in [-0.39, 0.29) is 5.57 Å². The second-order valence-corrected chi connectivity index (χ2v) is 7.30. The molecule has 1 heterocycles. The molecule has 0 aliphatic heterocycles. The van der Waals surface area contributed by atoms with Crippen LogP contribution in [0.5, 0.6) is 0 Å². The molecule has 0 saturated carbocycles. The molecule has 0 radical (unpaired) electrons. The van der Waals surface area contributed by atoms with E-state index in [4.69, 9.17) is 10.5 Å². The number of rotatable bonds is 4. The quantitative estimate of drug-likeness (QED) is 0.640. The molecule has 116 valence electrons. The van der Waals surface area contributed by atoms with Gasteiger partial charge in [-0.1, -0.05) is 45.9 Å². The van der Waals surface area contributed by atoms with Crippen LogP contribution >= 0.6 is 11.3 Å². The third kappa shape index (κ3) is 4.09. The Balaban J connectivity index is 2.47. The number of nitriles is 2. The van der Waals surface area contributed by atoms with Gasteiger partial charge in [0, 0.05) is 9.75 Å². The molecule has 3 heteroatoms.